The second kappa shape index (κ2) is 6.76. The van der Waals surface area contributed by atoms with Gasteiger partial charge in [0.25, 0.3) is 0 Å². The quantitative estimate of drug-likeness (QED) is 0.740. The Kier molecular flexibility index (Phi) is 5.04. The highest BCUT2D eigenvalue weighted by Gasteiger charge is 2.52. The van der Waals surface area contributed by atoms with Gasteiger partial charge < -0.3 is 9.31 Å². The minimum Gasteiger partial charge on any atom is -0.399 e. The van der Waals surface area contributed by atoms with E-state index in [0.717, 1.165) is 27.8 Å². The van der Waals surface area contributed by atoms with Gasteiger partial charge in [-0.2, -0.15) is 4.36 Å². The minimum atomic E-state index is -2.15. The lowest BCUT2D eigenvalue weighted by atomic mass is 9.75. The largest absolute Gasteiger partial charge is 0.495 e. The molecule has 27 heavy (non-hydrogen) atoms. The molecule has 1 aliphatic rings. The fraction of sp³-hybridized carbons (Fsp3) is 0.429. The zero-order valence-electron chi connectivity index (χ0n) is 17.2. The molecule has 0 N–H and O–H groups in total. The molecule has 0 unspecified atom stereocenters. The third-order valence-electron chi connectivity index (χ3n) is 5.30. The number of hydrogen-bond donors (Lipinski definition) is 0. The Morgan fingerprint density at radius 2 is 1.41 bits per heavy atom. The standard InChI is InChI=1S/C21H28BNO3S/c1-15-14-17(16-8-11-18(12-9-16)23-27(6,7)24)10-13-19(15)22-25-20(2,3)21(4,5)26-22/h8-14H,1-7H3. The summed E-state index contributed by atoms with van der Waals surface area (Å²) in [6.07, 6.45) is 3.28. The lowest BCUT2D eigenvalue weighted by Crippen LogP contribution is -2.41. The van der Waals surface area contributed by atoms with E-state index in [0.29, 0.717) is 0 Å². The van der Waals surface area contributed by atoms with Gasteiger partial charge in [0.2, 0.25) is 0 Å². The van der Waals surface area contributed by atoms with E-state index in [-0.39, 0.29) is 18.3 Å². The second-order valence-electron chi connectivity index (χ2n) is 8.48. The number of rotatable bonds is 3. The van der Waals surface area contributed by atoms with Crippen molar-refractivity contribution in [3.05, 3.63) is 48.0 Å². The Morgan fingerprint density at radius 3 is 1.89 bits per heavy atom. The molecular formula is C21H28BNO3S. The Hall–Kier alpha value is -1.63. The summed E-state index contributed by atoms with van der Waals surface area (Å²) in [5, 5.41) is 0. The third-order valence-corrected chi connectivity index (χ3v) is 5.95. The number of nitrogens with zero attached hydrogens (tertiary/aromatic N) is 1. The molecule has 4 nitrogen and oxygen atoms in total. The topological polar surface area (TPSA) is 47.9 Å². The van der Waals surface area contributed by atoms with Crippen molar-refractivity contribution >= 4 is 28.0 Å². The van der Waals surface area contributed by atoms with Gasteiger partial charge in [0, 0.05) is 22.2 Å². The Bertz CT molecular complexity index is 949. The molecule has 0 aliphatic carbocycles. The molecular weight excluding hydrogens is 357 g/mol. The summed E-state index contributed by atoms with van der Waals surface area (Å²) in [7, 11) is -2.50. The normalized spacial score (nSPS) is 18.6. The van der Waals surface area contributed by atoms with Crippen LogP contribution in [0.5, 0.6) is 0 Å². The van der Waals surface area contributed by atoms with E-state index < -0.39 is 9.73 Å². The van der Waals surface area contributed by atoms with Gasteiger partial charge in [-0.15, -0.1) is 0 Å². The second-order valence-corrected chi connectivity index (χ2v) is 11.0. The summed E-state index contributed by atoms with van der Waals surface area (Å²) < 4.78 is 28.4. The van der Waals surface area contributed by atoms with Gasteiger partial charge in [-0.3, -0.25) is 0 Å². The van der Waals surface area contributed by atoms with E-state index in [1.54, 1.807) is 12.5 Å². The average Bonchev–Trinajstić information content (AvgIpc) is 2.74. The fourth-order valence-corrected chi connectivity index (χ4v) is 3.69. The molecule has 0 atom stereocenters. The number of benzene rings is 2. The van der Waals surface area contributed by atoms with Crippen LogP contribution in [0.2, 0.25) is 0 Å². The van der Waals surface area contributed by atoms with Crippen molar-refractivity contribution < 1.29 is 13.5 Å². The highest BCUT2D eigenvalue weighted by molar-refractivity contribution is 7.92. The predicted molar refractivity (Wildman–Crippen MR) is 114 cm³/mol. The molecule has 0 aromatic heterocycles. The Morgan fingerprint density at radius 1 is 0.889 bits per heavy atom. The van der Waals surface area contributed by atoms with E-state index >= 15 is 0 Å². The first-order valence-electron chi connectivity index (χ1n) is 9.12. The third kappa shape index (κ3) is 4.28. The molecule has 2 aromatic carbocycles. The molecule has 0 amide bonds. The summed E-state index contributed by atoms with van der Waals surface area (Å²) in [6, 6.07) is 14.1. The van der Waals surface area contributed by atoms with Crippen LogP contribution in [0.15, 0.2) is 46.8 Å². The highest BCUT2D eigenvalue weighted by Crippen LogP contribution is 2.37. The van der Waals surface area contributed by atoms with Crippen molar-refractivity contribution in [3.63, 3.8) is 0 Å². The molecule has 6 heteroatoms. The van der Waals surface area contributed by atoms with Gasteiger partial charge in [-0.05, 0) is 63.3 Å². The zero-order chi connectivity index (χ0) is 20.0. The molecule has 0 bridgehead atoms. The smallest absolute Gasteiger partial charge is 0.399 e. The summed E-state index contributed by atoms with van der Waals surface area (Å²) in [5.74, 6) is 0. The van der Waals surface area contributed by atoms with Gasteiger partial charge in [-0.25, -0.2) is 4.21 Å². The lowest BCUT2D eigenvalue weighted by Gasteiger charge is -2.32. The lowest BCUT2D eigenvalue weighted by molar-refractivity contribution is 0.00578. The van der Waals surface area contributed by atoms with Crippen LogP contribution >= 0.6 is 0 Å². The molecule has 3 rings (SSSR count). The van der Waals surface area contributed by atoms with Crippen LogP contribution in [0.25, 0.3) is 11.1 Å². The maximum absolute atomic E-state index is 11.8. The van der Waals surface area contributed by atoms with Crippen molar-refractivity contribution in [1.82, 2.24) is 0 Å². The van der Waals surface area contributed by atoms with Crippen molar-refractivity contribution in [1.29, 1.82) is 0 Å². The Labute approximate surface area is 163 Å². The molecule has 0 saturated carbocycles. The summed E-state index contributed by atoms with van der Waals surface area (Å²) >= 11 is 0. The Balaban J connectivity index is 1.87. The van der Waals surface area contributed by atoms with E-state index in [1.807, 2.05) is 24.3 Å². The summed E-state index contributed by atoms with van der Waals surface area (Å²) in [6.45, 7) is 10.3. The van der Waals surface area contributed by atoms with Gasteiger partial charge in [-0.1, -0.05) is 35.9 Å². The van der Waals surface area contributed by atoms with Crippen LogP contribution in [0, 0.1) is 6.92 Å². The van der Waals surface area contributed by atoms with Gasteiger partial charge >= 0.3 is 7.12 Å². The van der Waals surface area contributed by atoms with E-state index in [9.17, 15) is 4.21 Å². The molecule has 1 heterocycles. The minimum absolute atomic E-state index is 0.348. The van der Waals surface area contributed by atoms with E-state index in [2.05, 4.69) is 57.2 Å². The predicted octanol–water partition coefficient (Wildman–Crippen LogP) is 4.32. The van der Waals surface area contributed by atoms with Gasteiger partial charge in [0.15, 0.2) is 0 Å². The molecule has 0 spiro atoms. The average molecular weight is 385 g/mol. The maximum atomic E-state index is 11.8. The maximum Gasteiger partial charge on any atom is 0.495 e. The van der Waals surface area contributed by atoms with Crippen molar-refractivity contribution in [2.75, 3.05) is 12.5 Å². The first kappa shape index (κ1) is 20.1. The summed E-state index contributed by atoms with van der Waals surface area (Å²) in [4.78, 5) is 0. The summed E-state index contributed by atoms with van der Waals surface area (Å²) in [5.41, 5.74) is 4.44. The SMILES string of the molecule is Cc1cc(-c2ccc(N=S(C)(C)=O)cc2)ccc1B1OC(C)(C)C(C)(C)O1. The van der Waals surface area contributed by atoms with Crippen LogP contribution < -0.4 is 5.46 Å². The number of hydrogen-bond acceptors (Lipinski definition) is 4. The van der Waals surface area contributed by atoms with Crippen LogP contribution in [0.1, 0.15) is 33.3 Å². The first-order valence-corrected chi connectivity index (χ1v) is 11.4. The van der Waals surface area contributed by atoms with Crippen LogP contribution in [-0.2, 0) is 19.0 Å². The molecule has 1 aliphatic heterocycles. The monoisotopic (exact) mass is 385 g/mol. The molecule has 1 fully saturated rings. The van der Waals surface area contributed by atoms with Crippen LogP contribution in [0.3, 0.4) is 0 Å². The molecule has 0 radical (unpaired) electrons. The van der Waals surface area contributed by atoms with Crippen LogP contribution in [0.4, 0.5) is 5.69 Å². The van der Waals surface area contributed by atoms with Crippen LogP contribution in [-0.4, -0.2) is 35.0 Å². The van der Waals surface area contributed by atoms with E-state index in [4.69, 9.17) is 9.31 Å². The molecule has 1 saturated heterocycles. The van der Waals surface area contributed by atoms with Crippen molar-refractivity contribution in [2.45, 2.75) is 45.8 Å². The zero-order valence-corrected chi connectivity index (χ0v) is 18.0. The fourth-order valence-electron chi connectivity index (χ4n) is 3.06. The number of aryl methyl sites for hydroxylation is 1. The van der Waals surface area contributed by atoms with Crippen molar-refractivity contribution in [2.24, 2.45) is 4.36 Å². The van der Waals surface area contributed by atoms with Gasteiger partial charge in [0.1, 0.15) is 0 Å². The first-order chi connectivity index (χ1) is 12.4. The van der Waals surface area contributed by atoms with E-state index in [1.165, 1.54) is 0 Å². The van der Waals surface area contributed by atoms with Gasteiger partial charge in [0.05, 0.1) is 16.9 Å². The molecule has 2 aromatic rings. The highest BCUT2D eigenvalue weighted by atomic mass is 32.2. The molecule has 144 valence electrons. The van der Waals surface area contributed by atoms with Crippen molar-refractivity contribution in [3.8, 4) is 11.1 Å².